The standard InChI is InChI=1S/C20H27O6P/c1-17(13-23-15-19-9-5-3-6-10-19)25-27(21,22)26-18(2)14-24-16-20-11-7-4-8-12-20/h3-12,17-18H,13-16H2,1-2H3,(H,21,22). The summed E-state index contributed by atoms with van der Waals surface area (Å²) >= 11 is 0. The lowest BCUT2D eigenvalue weighted by Gasteiger charge is -2.21. The first-order valence-electron chi connectivity index (χ1n) is 8.87. The van der Waals surface area contributed by atoms with Gasteiger partial charge in [0, 0.05) is 0 Å². The Kier molecular flexibility index (Phi) is 9.15. The molecule has 0 bridgehead atoms. The molecular weight excluding hydrogens is 367 g/mol. The molecule has 148 valence electrons. The van der Waals surface area contributed by atoms with Crippen LogP contribution in [-0.2, 0) is 36.3 Å². The van der Waals surface area contributed by atoms with Gasteiger partial charge in [-0.05, 0) is 25.0 Å². The zero-order valence-electron chi connectivity index (χ0n) is 15.7. The molecule has 1 N–H and O–H groups in total. The first-order chi connectivity index (χ1) is 12.9. The molecule has 0 spiro atoms. The fraction of sp³-hybridized carbons (Fsp3) is 0.400. The zero-order chi connectivity index (χ0) is 19.5. The maximum absolute atomic E-state index is 12.1. The van der Waals surface area contributed by atoms with Crippen LogP contribution in [0.25, 0.3) is 0 Å². The Morgan fingerprint density at radius 3 is 1.52 bits per heavy atom. The maximum Gasteiger partial charge on any atom is 0.472 e. The highest BCUT2D eigenvalue weighted by molar-refractivity contribution is 7.47. The third-order valence-corrected chi connectivity index (χ3v) is 4.81. The van der Waals surface area contributed by atoms with Gasteiger partial charge in [0.05, 0.1) is 38.6 Å². The van der Waals surface area contributed by atoms with Crippen LogP contribution in [0, 0.1) is 0 Å². The van der Waals surface area contributed by atoms with Gasteiger partial charge in [-0.2, -0.15) is 0 Å². The van der Waals surface area contributed by atoms with E-state index in [1.165, 1.54) is 0 Å². The highest BCUT2D eigenvalue weighted by atomic mass is 31.2. The average molecular weight is 394 g/mol. The molecule has 0 aliphatic heterocycles. The van der Waals surface area contributed by atoms with E-state index < -0.39 is 20.0 Å². The predicted molar refractivity (Wildman–Crippen MR) is 103 cm³/mol. The largest absolute Gasteiger partial charge is 0.472 e. The van der Waals surface area contributed by atoms with Crippen LogP contribution >= 0.6 is 7.82 Å². The summed E-state index contributed by atoms with van der Waals surface area (Å²) < 4.78 is 33.4. The molecule has 0 heterocycles. The quantitative estimate of drug-likeness (QED) is 0.540. The Balaban J connectivity index is 1.64. The summed E-state index contributed by atoms with van der Waals surface area (Å²) in [4.78, 5) is 9.89. The molecule has 7 heteroatoms. The van der Waals surface area contributed by atoms with Gasteiger partial charge in [0.1, 0.15) is 0 Å². The summed E-state index contributed by atoms with van der Waals surface area (Å²) in [5.74, 6) is 0. The predicted octanol–water partition coefficient (Wildman–Crippen LogP) is 4.33. The maximum atomic E-state index is 12.1. The molecule has 2 rings (SSSR count). The first kappa shape index (κ1) is 21.8. The summed E-state index contributed by atoms with van der Waals surface area (Å²) in [5, 5.41) is 0. The number of rotatable bonds is 12. The van der Waals surface area contributed by atoms with E-state index in [4.69, 9.17) is 18.5 Å². The fourth-order valence-corrected chi connectivity index (χ4v) is 3.46. The summed E-state index contributed by atoms with van der Waals surface area (Å²) in [7, 11) is -4.19. The molecule has 0 aliphatic carbocycles. The van der Waals surface area contributed by atoms with Gasteiger partial charge in [-0.1, -0.05) is 60.7 Å². The summed E-state index contributed by atoms with van der Waals surface area (Å²) in [6, 6.07) is 19.4. The van der Waals surface area contributed by atoms with E-state index in [2.05, 4.69) is 0 Å². The van der Waals surface area contributed by atoms with Gasteiger partial charge in [-0.15, -0.1) is 0 Å². The van der Waals surface area contributed by atoms with Crippen molar-refractivity contribution >= 4 is 7.82 Å². The molecule has 2 unspecified atom stereocenters. The van der Waals surface area contributed by atoms with Crippen molar-refractivity contribution in [2.45, 2.75) is 39.3 Å². The highest BCUT2D eigenvalue weighted by Crippen LogP contribution is 2.45. The van der Waals surface area contributed by atoms with E-state index in [1.807, 2.05) is 60.7 Å². The molecule has 0 aromatic heterocycles. The highest BCUT2D eigenvalue weighted by Gasteiger charge is 2.27. The fourth-order valence-electron chi connectivity index (χ4n) is 2.37. The van der Waals surface area contributed by atoms with E-state index in [1.54, 1.807) is 13.8 Å². The van der Waals surface area contributed by atoms with E-state index in [-0.39, 0.29) is 13.2 Å². The average Bonchev–Trinajstić information content (AvgIpc) is 2.62. The van der Waals surface area contributed by atoms with Crippen LogP contribution in [0.3, 0.4) is 0 Å². The van der Waals surface area contributed by atoms with Crippen molar-refractivity contribution in [1.29, 1.82) is 0 Å². The van der Waals surface area contributed by atoms with Gasteiger partial charge in [-0.3, -0.25) is 9.05 Å². The Hall–Kier alpha value is -1.53. The Morgan fingerprint density at radius 1 is 0.778 bits per heavy atom. The number of hydrogen-bond donors (Lipinski definition) is 1. The SMILES string of the molecule is CC(COCc1ccccc1)OP(=O)(O)OC(C)COCc1ccccc1. The van der Waals surface area contributed by atoms with Crippen LogP contribution in [0.4, 0.5) is 0 Å². The molecule has 0 radical (unpaired) electrons. The molecule has 2 atom stereocenters. The third kappa shape index (κ3) is 9.29. The molecule has 0 saturated heterocycles. The van der Waals surface area contributed by atoms with Crippen molar-refractivity contribution < 1.29 is 28.0 Å². The van der Waals surface area contributed by atoms with Crippen LogP contribution in [0.15, 0.2) is 60.7 Å². The van der Waals surface area contributed by atoms with Gasteiger partial charge >= 0.3 is 7.82 Å². The Morgan fingerprint density at radius 2 is 1.15 bits per heavy atom. The van der Waals surface area contributed by atoms with E-state index in [0.29, 0.717) is 13.2 Å². The molecule has 27 heavy (non-hydrogen) atoms. The van der Waals surface area contributed by atoms with Crippen LogP contribution in [0.2, 0.25) is 0 Å². The molecule has 0 saturated carbocycles. The minimum absolute atomic E-state index is 0.182. The number of hydrogen-bond acceptors (Lipinski definition) is 5. The molecule has 2 aromatic carbocycles. The smallest absolute Gasteiger partial charge is 0.374 e. The van der Waals surface area contributed by atoms with Crippen LogP contribution in [-0.4, -0.2) is 30.3 Å². The Bertz CT molecular complexity index is 637. The summed E-state index contributed by atoms with van der Waals surface area (Å²) in [6.07, 6.45) is -1.16. The second-order valence-corrected chi connectivity index (χ2v) is 7.66. The van der Waals surface area contributed by atoms with Crippen molar-refractivity contribution in [1.82, 2.24) is 0 Å². The van der Waals surface area contributed by atoms with Crippen molar-refractivity contribution in [3.8, 4) is 0 Å². The summed E-state index contributed by atoms with van der Waals surface area (Å²) in [6.45, 7) is 4.51. The first-order valence-corrected chi connectivity index (χ1v) is 10.4. The topological polar surface area (TPSA) is 74.2 Å². The normalized spacial score (nSPS) is 15.8. The zero-order valence-corrected chi connectivity index (χ0v) is 16.6. The molecule has 2 aromatic rings. The monoisotopic (exact) mass is 394 g/mol. The van der Waals surface area contributed by atoms with Gasteiger partial charge in [0.15, 0.2) is 0 Å². The minimum atomic E-state index is -4.19. The van der Waals surface area contributed by atoms with Crippen molar-refractivity contribution in [2.24, 2.45) is 0 Å². The van der Waals surface area contributed by atoms with Crippen LogP contribution in [0.5, 0.6) is 0 Å². The van der Waals surface area contributed by atoms with Gasteiger partial charge in [-0.25, -0.2) is 4.57 Å². The lowest BCUT2D eigenvalue weighted by atomic mass is 10.2. The lowest BCUT2D eigenvalue weighted by molar-refractivity contribution is 0.000652. The van der Waals surface area contributed by atoms with E-state index in [9.17, 15) is 9.46 Å². The third-order valence-electron chi connectivity index (χ3n) is 3.55. The van der Waals surface area contributed by atoms with Crippen molar-refractivity contribution in [3.63, 3.8) is 0 Å². The second-order valence-electron chi connectivity index (χ2n) is 6.30. The van der Waals surface area contributed by atoms with Crippen molar-refractivity contribution in [3.05, 3.63) is 71.8 Å². The summed E-state index contributed by atoms with van der Waals surface area (Å²) in [5.41, 5.74) is 2.05. The van der Waals surface area contributed by atoms with E-state index in [0.717, 1.165) is 11.1 Å². The molecule has 6 nitrogen and oxygen atoms in total. The molecule has 0 aliphatic rings. The molecule has 0 amide bonds. The van der Waals surface area contributed by atoms with E-state index >= 15 is 0 Å². The number of phosphoric acid groups is 1. The van der Waals surface area contributed by atoms with Crippen LogP contribution < -0.4 is 0 Å². The van der Waals surface area contributed by atoms with Gasteiger partial charge in [0.25, 0.3) is 0 Å². The number of phosphoric ester groups is 1. The minimum Gasteiger partial charge on any atom is -0.374 e. The van der Waals surface area contributed by atoms with Gasteiger partial charge < -0.3 is 14.4 Å². The van der Waals surface area contributed by atoms with Crippen molar-refractivity contribution in [2.75, 3.05) is 13.2 Å². The molecule has 0 fully saturated rings. The number of ether oxygens (including phenoxy) is 2. The van der Waals surface area contributed by atoms with Gasteiger partial charge in [0.2, 0.25) is 0 Å². The number of benzene rings is 2. The lowest BCUT2D eigenvalue weighted by Crippen LogP contribution is -2.19. The Labute approximate surface area is 160 Å². The van der Waals surface area contributed by atoms with Crippen LogP contribution in [0.1, 0.15) is 25.0 Å². The second kappa shape index (κ2) is 11.3. The molecular formula is C20H27O6P.